The van der Waals surface area contributed by atoms with Gasteiger partial charge in [-0.15, -0.1) is 11.3 Å². The molecule has 0 unspecified atom stereocenters. The maximum atomic E-state index is 9.51. The zero-order valence-electron chi connectivity index (χ0n) is 11.8. The first-order chi connectivity index (χ1) is 10.2. The monoisotopic (exact) mass is 322 g/mol. The van der Waals surface area contributed by atoms with Crippen molar-refractivity contribution in [1.82, 2.24) is 9.80 Å². The highest BCUT2D eigenvalue weighted by atomic mass is 35.5. The highest BCUT2D eigenvalue weighted by Crippen LogP contribution is 2.23. The fraction of sp³-hybridized carbons (Fsp3) is 0.375. The minimum Gasteiger partial charge on any atom is -0.508 e. The van der Waals surface area contributed by atoms with Crippen molar-refractivity contribution < 1.29 is 5.11 Å². The van der Waals surface area contributed by atoms with Crippen LogP contribution in [0.25, 0.3) is 0 Å². The van der Waals surface area contributed by atoms with Crippen LogP contribution in [0.15, 0.2) is 36.4 Å². The molecule has 3 rings (SSSR count). The topological polar surface area (TPSA) is 26.7 Å². The normalized spacial score (nSPS) is 17.2. The maximum Gasteiger partial charge on any atom is 0.115 e. The quantitative estimate of drug-likeness (QED) is 0.934. The Kier molecular flexibility index (Phi) is 4.80. The third-order valence-electron chi connectivity index (χ3n) is 3.79. The number of rotatable bonds is 4. The molecular weight excluding hydrogens is 304 g/mol. The summed E-state index contributed by atoms with van der Waals surface area (Å²) in [4.78, 5) is 6.25. The van der Waals surface area contributed by atoms with Crippen molar-refractivity contribution in [2.45, 2.75) is 13.1 Å². The number of nitrogens with zero attached hydrogens (tertiary/aromatic N) is 2. The number of hydrogen-bond acceptors (Lipinski definition) is 4. The number of phenols is 1. The van der Waals surface area contributed by atoms with Crippen LogP contribution >= 0.6 is 22.9 Å². The summed E-state index contributed by atoms with van der Waals surface area (Å²) in [7, 11) is 0. The predicted molar refractivity (Wildman–Crippen MR) is 88.0 cm³/mol. The van der Waals surface area contributed by atoms with E-state index in [1.54, 1.807) is 17.4 Å². The highest BCUT2D eigenvalue weighted by molar-refractivity contribution is 7.16. The molecule has 1 fully saturated rings. The molecule has 2 heterocycles. The fourth-order valence-corrected chi connectivity index (χ4v) is 3.81. The Bertz CT molecular complexity index is 593. The number of thiophene rings is 1. The first-order valence-corrected chi connectivity index (χ1v) is 8.35. The van der Waals surface area contributed by atoms with Gasteiger partial charge in [0.05, 0.1) is 4.34 Å². The first-order valence-electron chi connectivity index (χ1n) is 7.16. The largest absolute Gasteiger partial charge is 0.508 e. The molecule has 3 nitrogen and oxygen atoms in total. The van der Waals surface area contributed by atoms with Gasteiger partial charge in [0.2, 0.25) is 0 Å². The van der Waals surface area contributed by atoms with Crippen molar-refractivity contribution in [3.05, 3.63) is 51.2 Å². The van der Waals surface area contributed by atoms with Gasteiger partial charge in [-0.1, -0.05) is 23.7 Å². The molecule has 21 heavy (non-hydrogen) atoms. The average molecular weight is 323 g/mol. The SMILES string of the molecule is Oc1cccc(CN2CCN(Cc3ccc(Cl)s3)CC2)c1. The third-order valence-corrected chi connectivity index (χ3v) is 5.01. The van der Waals surface area contributed by atoms with Gasteiger partial charge < -0.3 is 5.11 Å². The van der Waals surface area contributed by atoms with Crippen LogP contribution in [0.3, 0.4) is 0 Å². The van der Waals surface area contributed by atoms with Crippen LogP contribution in [0, 0.1) is 0 Å². The molecule has 0 saturated carbocycles. The van der Waals surface area contributed by atoms with Gasteiger partial charge in [0, 0.05) is 44.1 Å². The van der Waals surface area contributed by atoms with Gasteiger partial charge in [0.25, 0.3) is 0 Å². The number of phenolic OH excluding ortho intramolecular Hbond substituents is 1. The minimum absolute atomic E-state index is 0.348. The molecule has 1 aromatic heterocycles. The van der Waals surface area contributed by atoms with Gasteiger partial charge in [-0.2, -0.15) is 0 Å². The summed E-state index contributed by atoms with van der Waals surface area (Å²) in [6, 6.07) is 11.6. The van der Waals surface area contributed by atoms with Crippen molar-refractivity contribution in [3.63, 3.8) is 0 Å². The van der Waals surface area contributed by atoms with Gasteiger partial charge in [-0.05, 0) is 29.8 Å². The van der Waals surface area contributed by atoms with Crippen LogP contribution in [-0.2, 0) is 13.1 Å². The highest BCUT2D eigenvalue weighted by Gasteiger charge is 2.17. The summed E-state index contributed by atoms with van der Waals surface area (Å²) >= 11 is 7.64. The molecule has 0 spiro atoms. The molecule has 0 amide bonds. The molecule has 1 aliphatic rings. The summed E-state index contributed by atoms with van der Waals surface area (Å²) in [5.41, 5.74) is 1.17. The molecule has 5 heteroatoms. The van der Waals surface area contributed by atoms with Gasteiger partial charge >= 0.3 is 0 Å². The van der Waals surface area contributed by atoms with E-state index in [9.17, 15) is 5.11 Å². The van der Waals surface area contributed by atoms with E-state index < -0.39 is 0 Å². The van der Waals surface area contributed by atoms with Crippen LogP contribution in [0.1, 0.15) is 10.4 Å². The lowest BCUT2D eigenvalue weighted by atomic mass is 10.2. The summed E-state index contributed by atoms with van der Waals surface area (Å²) < 4.78 is 0.868. The Morgan fingerprint density at radius 3 is 2.33 bits per heavy atom. The third kappa shape index (κ3) is 4.20. The molecule has 1 aliphatic heterocycles. The van der Waals surface area contributed by atoms with Crippen LogP contribution in [0.5, 0.6) is 5.75 Å². The van der Waals surface area contributed by atoms with Crippen molar-refractivity contribution in [2.24, 2.45) is 0 Å². The Hall–Kier alpha value is -1.07. The van der Waals surface area contributed by atoms with Crippen molar-refractivity contribution >= 4 is 22.9 Å². The Morgan fingerprint density at radius 1 is 1.00 bits per heavy atom. The molecule has 1 aromatic carbocycles. The van der Waals surface area contributed by atoms with E-state index in [0.717, 1.165) is 43.6 Å². The molecular formula is C16H19ClN2OS. The number of benzene rings is 1. The van der Waals surface area contributed by atoms with Crippen molar-refractivity contribution in [3.8, 4) is 5.75 Å². The Labute approximate surface area is 134 Å². The number of hydrogen-bond donors (Lipinski definition) is 1. The van der Waals surface area contributed by atoms with Crippen molar-refractivity contribution in [2.75, 3.05) is 26.2 Å². The van der Waals surface area contributed by atoms with Gasteiger partial charge in [0.1, 0.15) is 5.75 Å². The average Bonchev–Trinajstić information content (AvgIpc) is 2.86. The molecule has 1 N–H and O–H groups in total. The summed E-state index contributed by atoms with van der Waals surface area (Å²) in [6.07, 6.45) is 0. The second kappa shape index (κ2) is 6.79. The van der Waals surface area contributed by atoms with Gasteiger partial charge in [-0.3, -0.25) is 9.80 Å². The molecule has 0 atom stereocenters. The van der Waals surface area contributed by atoms with Crippen LogP contribution in [-0.4, -0.2) is 41.1 Å². The Balaban J connectivity index is 1.48. The number of halogens is 1. The lowest BCUT2D eigenvalue weighted by molar-refractivity contribution is 0.123. The smallest absolute Gasteiger partial charge is 0.115 e. The zero-order chi connectivity index (χ0) is 14.7. The molecule has 0 aliphatic carbocycles. The van der Waals surface area contributed by atoms with E-state index in [0.29, 0.717) is 5.75 Å². The molecule has 1 saturated heterocycles. The summed E-state index contributed by atoms with van der Waals surface area (Å²) in [6.45, 7) is 6.19. The molecule has 0 bridgehead atoms. The van der Waals surface area contributed by atoms with E-state index in [4.69, 9.17) is 11.6 Å². The van der Waals surface area contributed by atoms with Crippen LogP contribution in [0.4, 0.5) is 0 Å². The summed E-state index contributed by atoms with van der Waals surface area (Å²) in [5.74, 6) is 0.348. The van der Waals surface area contributed by atoms with Gasteiger partial charge in [0.15, 0.2) is 0 Å². The van der Waals surface area contributed by atoms with E-state index in [1.807, 2.05) is 18.2 Å². The van der Waals surface area contributed by atoms with Gasteiger partial charge in [-0.25, -0.2) is 0 Å². The molecule has 112 valence electrons. The predicted octanol–water partition coefficient (Wildman–Crippen LogP) is 3.42. The van der Waals surface area contributed by atoms with E-state index in [-0.39, 0.29) is 0 Å². The van der Waals surface area contributed by atoms with Crippen LogP contribution < -0.4 is 0 Å². The fourth-order valence-electron chi connectivity index (χ4n) is 2.68. The number of aromatic hydroxyl groups is 1. The van der Waals surface area contributed by atoms with E-state index >= 15 is 0 Å². The lowest BCUT2D eigenvalue weighted by Gasteiger charge is -2.34. The summed E-state index contributed by atoms with van der Waals surface area (Å²) in [5, 5.41) is 9.51. The van der Waals surface area contributed by atoms with Crippen LogP contribution in [0.2, 0.25) is 4.34 Å². The molecule has 2 aromatic rings. The lowest BCUT2D eigenvalue weighted by Crippen LogP contribution is -2.45. The zero-order valence-corrected chi connectivity index (χ0v) is 13.4. The maximum absolute atomic E-state index is 9.51. The molecule has 0 radical (unpaired) electrons. The standard InChI is InChI=1S/C16H19ClN2OS/c17-16-5-4-15(21-16)12-19-8-6-18(7-9-19)11-13-2-1-3-14(20)10-13/h1-5,10,20H,6-9,11-12H2. The second-order valence-electron chi connectivity index (χ2n) is 5.43. The van der Waals surface area contributed by atoms with E-state index in [2.05, 4.69) is 21.9 Å². The van der Waals surface area contributed by atoms with E-state index in [1.165, 1.54) is 10.4 Å². The second-order valence-corrected chi connectivity index (χ2v) is 7.23. The van der Waals surface area contributed by atoms with Crippen molar-refractivity contribution in [1.29, 1.82) is 0 Å². The first kappa shape index (κ1) is 14.9. The number of piperazine rings is 1. The Morgan fingerprint density at radius 2 is 1.71 bits per heavy atom. The minimum atomic E-state index is 0.348.